The number of nitrogens with zero attached hydrogens (tertiary/aromatic N) is 1. The number of hydrogen-bond donors (Lipinski definition) is 2. The van der Waals surface area contributed by atoms with Crippen molar-refractivity contribution >= 4 is 56.8 Å². The maximum absolute atomic E-state index is 12.7. The molecule has 2 amide bonds. The molecule has 0 heterocycles. The summed E-state index contributed by atoms with van der Waals surface area (Å²) in [7, 11) is 0. The Kier molecular flexibility index (Phi) is 9.72. The summed E-state index contributed by atoms with van der Waals surface area (Å²) in [5.74, 6) is -0.247. The second-order valence-corrected chi connectivity index (χ2v) is 9.21. The average molecular weight is 583 g/mol. The molecule has 3 aromatic carbocycles. The number of halogens is 2. The van der Waals surface area contributed by atoms with Crippen LogP contribution in [-0.4, -0.2) is 25.0 Å². The number of rotatable bonds is 9. The van der Waals surface area contributed by atoms with Crippen LogP contribution in [0, 0.1) is 25.2 Å². The van der Waals surface area contributed by atoms with Crippen LogP contribution in [0.3, 0.4) is 0 Å². The van der Waals surface area contributed by atoms with Gasteiger partial charge in [-0.25, -0.2) is 0 Å². The number of carbonyl (C=O) groups excluding carboxylic acids is 2. The van der Waals surface area contributed by atoms with Gasteiger partial charge >= 0.3 is 0 Å². The first-order chi connectivity index (χ1) is 17.7. The molecule has 3 rings (SSSR count). The quantitative estimate of drug-likeness (QED) is 0.216. The van der Waals surface area contributed by atoms with E-state index in [4.69, 9.17) is 21.1 Å². The Labute approximate surface area is 229 Å². The molecule has 0 bridgehead atoms. The lowest BCUT2D eigenvalue weighted by Gasteiger charge is -2.15. The van der Waals surface area contributed by atoms with Crippen molar-refractivity contribution < 1.29 is 19.1 Å². The first kappa shape index (κ1) is 27.8. The van der Waals surface area contributed by atoms with E-state index in [0.717, 1.165) is 16.8 Å². The molecular weight excluding hydrogens is 558 g/mol. The number of aryl methyl sites for hydroxylation is 1. The van der Waals surface area contributed by atoms with Crippen molar-refractivity contribution in [2.45, 2.75) is 20.8 Å². The summed E-state index contributed by atoms with van der Waals surface area (Å²) in [6.07, 6.45) is 1.43. The summed E-state index contributed by atoms with van der Waals surface area (Å²) in [5, 5.41) is 15.4. The Hall–Kier alpha value is -3.80. The molecule has 0 aromatic heterocycles. The Bertz CT molecular complexity index is 1400. The molecule has 37 heavy (non-hydrogen) atoms. The van der Waals surface area contributed by atoms with Gasteiger partial charge in [-0.2, -0.15) is 5.26 Å². The molecule has 9 heteroatoms. The molecule has 0 aliphatic rings. The summed E-state index contributed by atoms with van der Waals surface area (Å²) < 4.78 is 12.0. The summed E-state index contributed by atoms with van der Waals surface area (Å²) in [6.45, 7) is 5.81. The van der Waals surface area contributed by atoms with Gasteiger partial charge in [0.05, 0.1) is 21.8 Å². The first-order valence-corrected chi connectivity index (χ1v) is 12.5. The summed E-state index contributed by atoms with van der Waals surface area (Å²) in [4.78, 5) is 25.2. The van der Waals surface area contributed by atoms with Crippen LogP contribution >= 0.6 is 27.5 Å². The predicted octanol–water partition coefficient (Wildman–Crippen LogP) is 6.68. The van der Waals surface area contributed by atoms with Crippen molar-refractivity contribution in [1.29, 1.82) is 5.26 Å². The van der Waals surface area contributed by atoms with Crippen molar-refractivity contribution in [3.05, 3.63) is 86.4 Å². The molecule has 0 saturated heterocycles. The molecule has 7 nitrogen and oxygen atoms in total. The Morgan fingerprint density at radius 1 is 1.05 bits per heavy atom. The number of para-hydroxylation sites is 1. The third kappa shape index (κ3) is 7.35. The number of anilines is 2. The smallest absolute Gasteiger partial charge is 0.266 e. The van der Waals surface area contributed by atoms with Gasteiger partial charge in [-0.3, -0.25) is 9.59 Å². The largest absolute Gasteiger partial charge is 0.490 e. The summed E-state index contributed by atoms with van der Waals surface area (Å²) in [5.41, 5.74) is 3.56. The third-order valence-corrected chi connectivity index (χ3v) is 6.27. The zero-order valence-electron chi connectivity index (χ0n) is 20.5. The predicted molar refractivity (Wildman–Crippen MR) is 149 cm³/mol. The van der Waals surface area contributed by atoms with E-state index in [2.05, 4.69) is 26.6 Å². The highest BCUT2D eigenvalue weighted by Crippen LogP contribution is 2.37. The lowest BCUT2D eigenvalue weighted by atomic mass is 10.1. The lowest BCUT2D eigenvalue weighted by molar-refractivity contribution is -0.118. The molecule has 0 fully saturated rings. The van der Waals surface area contributed by atoms with Crippen LogP contribution in [0.4, 0.5) is 11.4 Å². The molecule has 0 radical (unpaired) electrons. The van der Waals surface area contributed by atoms with E-state index in [0.29, 0.717) is 38.9 Å². The number of nitriles is 1. The number of nitrogens with one attached hydrogen (secondary N) is 2. The van der Waals surface area contributed by atoms with Crippen LogP contribution in [0.1, 0.15) is 23.6 Å². The summed E-state index contributed by atoms with van der Waals surface area (Å²) >= 11 is 9.55. The minimum atomic E-state index is -0.604. The van der Waals surface area contributed by atoms with Crippen molar-refractivity contribution in [2.75, 3.05) is 23.8 Å². The topological polar surface area (TPSA) is 100 Å². The molecular formula is C28H25BrClN3O4. The highest BCUT2D eigenvalue weighted by atomic mass is 79.9. The van der Waals surface area contributed by atoms with Crippen LogP contribution in [0.2, 0.25) is 5.02 Å². The molecule has 0 saturated carbocycles. The Morgan fingerprint density at radius 2 is 1.78 bits per heavy atom. The van der Waals surface area contributed by atoms with E-state index in [9.17, 15) is 14.9 Å². The molecule has 0 spiro atoms. The van der Waals surface area contributed by atoms with Crippen LogP contribution in [0.15, 0.2) is 64.6 Å². The number of carbonyl (C=O) groups is 2. The van der Waals surface area contributed by atoms with Crippen LogP contribution in [-0.2, 0) is 9.59 Å². The molecule has 0 aliphatic carbocycles. The van der Waals surface area contributed by atoms with E-state index >= 15 is 0 Å². The maximum Gasteiger partial charge on any atom is 0.266 e. The van der Waals surface area contributed by atoms with Crippen molar-refractivity contribution in [3.63, 3.8) is 0 Å². The first-order valence-electron chi connectivity index (χ1n) is 11.4. The number of hydrogen-bond acceptors (Lipinski definition) is 5. The van der Waals surface area contributed by atoms with Gasteiger partial charge in [0.15, 0.2) is 18.1 Å². The molecule has 0 atom stereocenters. The molecule has 190 valence electrons. The fourth-order valence-electron chi connectivity index (χ4n) is 3.35. The molecule has 2 N–H and O–H groups in total. The molecule has 3 aromatic rings. The van der Waals surface area contributed by atoms with E-state index in [1.165, 1.54) is 6.08 Å². The fraction of sp³-hybridized carbons (Fsp3) is 0.179. The monoisotopic (exact) mass is 581 g/mol. The second-order valence-electron chi connectivity index (χ2n) is 7.95. The van der Waals surface area contributed by atoms with E-state index in [1.54, 1.807) is 36.4 Å². The number of ether oxygens (including phenoxy) is 2. The van der Waals surface area contributed by atoms with Crippen LogP contribution in [0.25, 0.3) is 6.08 Å². The van der Waals surface area contributed by atoms with Gasteiger partial charge in [0.2, 0.25) is 0 Å². The van der Waals surface area contributed by atoms with Crippen molar-refractivity contribution in [3.8, 4) is 17.6 Å². The minimum Gasteiger partial charge on any atom is -0.490 e. The van der Waals surface area contributed by atoms with E-state index in [1.807, 2.05) is 45.0 Å². The SMILES string of the molecule is CCOc1cc(/C=C(\C#N)C(=O)Nc2ccccc2Cl)cc(Br)c1OCC(=O)Nc1cccc(C)c1C. The van der Waals surface area contributed by atoms with Gasteiger partial charge in [0.25, 0.3) is 11.8 Å². The highest BCUT2D eigenvalue weighted by Gasteiger charge is 2.16. The average Bonchev–Trinajstić information content (AvgIpc) is 2.86. The van der Waals surface area contributed by atoms with Gasteiger partial charge in [0, 0.05) is 5.69 Å². The standard InChI is InChI=1S/C28H25BrClN3O4/c1-4-36-25-14-19(12-20(15-31)28(35)33-24-10-6-5-9-22(24)30)13-21(29)27(25)37-16-26(34)32-23-11-7-8-17(2)18(23)3/h5-14H,4,16H2,1-3H3,(H,32,34)(H,33,35)/b20-12+. The molecule has 0 unspecified atom stereocenters. The molecule has 0 aliphatic heterocycles. The number of amides is 2. The Balaban J connectivity index is 1.79. The van der Waals surface area contributed by atoms with Crippen LogP contribution < -0.4 is 20.1 Å². The Morgan fingerprint density at radius 3 is 2.49 bits per heavy atom. The summed E-state index contributed by atoms with van der Waals surface area (Å²) in [6, 6.07) is 17.6. The number of benzene rings is 3. The lowest BCUT2D eigenvalue weighted by Crippen LogP contribution is -2.21. The van der Waals surface area contributed by atoms with E-state index < -0.39 is 5.91 Å². The normalized spacial score (nSPS) is 10.9. The van der Waals surface area contributed by atoms with Gasteiger partial charge in [-0.15, -0.1) is 0 Å². The zero-order valence-corrected chi connectivity index (χ0v) is 22.9. The van der Waals surface area contributed by atoms with Gasteiger partial charge in [-0.05, 0) is 89.8 Å². The van der Waals surface area contributed by atoms with Gasteiger partial charge in [-0.1, -0.05) is 35.9 Å². The van der Waals surface area contributed by atoms with Crippen molar-refractivity contribution in [1.82, 2.24) is 0 Å². The van der Waals surface area contributed by atoms with Crippen molar-refractivity contribution in [2.24, 2.45) is 0 Å². The third-order valence-electron chi connectivity index (χ3n) is 5.36. The van der Waals surface area contributed by atoms with Gasteiger partial charge in [0.1, 0.15) is 11.6 Å². The van der Waals surface area contributed by atoms with Crippen LogP contribution in [0.5, 0.6) is 11.5 Å². The zero-order chi connectivity index (χ0) is 26.9. The highest BCUT2D eigenvalue weighted by molar-refractivity contribution is 9.10. The van der Waals surface area contributed by atoms with E-state index in [-0.39, 0.29) is 18.1 Å². The second kappa shape index (κ2) is 12.9. The minimum absolute atomic E-state index is 0.129. The fourth-order valence-corrected chi connectivity index (χ4v) is 4.11. The maximum atomic E-state index is 12.7. The van der Waals surface area contributed by atoms with Gasteiger partial charge < -0.3 is 20.1 Å².